The molecule has 1 saturated carbocycles. The van der Waals surface area contributed by atoms with Crippen molar-refractivity contribution in [2.45, 2.75) is 17.7 Å². The summed E-state index contributed by atoms with van der Waals surface area (Å²) in [5, 5.41) is 3.99. The molecule has 0 spiro atoms. The molecule has 0 aliphatic heterocycles. The van der Waals surface area contributed by atoms with Crippen molar-refractivity contribution in [3.63, 3.8) is 0 Å². The quantitative estimate of drug-likeness (QED) is 0.723. The van der Waals surface area contributed by atoms with Crippen molar-refractivity contribution in [2.24, 2.45) is 0 Å². The van der Waals surface area contributed by atoms with Crippen molar-refractivity contribution in [3.8, 4) is 10.6 Å². The van der Waals surface area contributed by atoms with Gasteiger partial charge in [0.15, 0.2) is 0 Å². The molecule has 2 heterocycles. The monoisotopic (exact) mass is 301 g/mol. The van der Waals surface area contributed by atoms with Crippen molar-refractivity contribution in [1.82, 2.24) is 9.97 Å². The van der Waals surface area contributed by atoms with Gasteiger partial charge in [-0.1, -0.05) is 18.2 Å². The normalized spacial score (nSPS) is 16.4. The maximum Gasteiger partial charge on any atom is 0.134 e. The summed E-state index contributed by atoms with van der Waals surface area (Å²) in [6.45, 7) is 0. The van der Waals surface area contributed by atoms with E-state index in [-0.39, 0.29) is 4.87 Å². The van der Waals surface area contributed by atoms with Gasteiger partial charge in [0.25, 0.3) is 0 Å². The average Bonchev–Trinajstić information content (AvgIpc) is 3.02. The second-order valence-corrected chi connectivity index (χ2v) is 6.70. The lowest BCUT2D eigenvalue weighted by atomic mass is 10.1. The molecular weight excluding hydrogens is 290 g/mol. The van der Waals surface area contributed by atoms with Crippen LogP contribution in [0.25, 0.3) is 21.5 Å². The van der Waals surface area contributed by atoms with Crippen LogP contribution in [0.3, 0.4) is 0 Å². The van der Waals surface area contributed by atoms with Crippen LogP contribution in [0.5, 0.6) is 0 Å². The van der Waals surface area contributed by atoms with E-state index in [0.29, 0.717) is 5.82 Å². The first-order valence-corrected chi connectivity index (χ1v) is 7.72. The molecule has 1 aliphatic carbocycles. The lowest BCUT2D eigenvalue weighted by Gasteiger charge is -2.05. The van der Waals surface area contributed by atoms with Crippen LogP contribution in [0.2, 0.25) is 0 Å². The van der Waals surface area contributed by atoms with Gasteiger partial charge in [-0.25, -0.2) is 9.97 Å². The molecule has 1 aromatic carbocycles. The third kappa shape index (κ3) is 1.87. The molecule has 20 heavy (non-hydrogen) atoms. The van der Waals surface area contributed by atoms with Crippen molar-refractivity contribution in [3.05, 3.63) is 41.4 Å². The number of aromatic nitrogens is 2. The number of nitrogens with zero attached hydrogens (tertiary/aromatic N) is 2. The molecule has 0 saturated heterocycles. The number of hydrogen-bond acceptors (Lipinski definition) is 4. The number of benzene rings is 1. The van der Waals surface area contributed by atoms with Crippen LogP contribution in [0.4, 0.5) is 5.82 Å². The molecule has 2 aromatic heterocycles. The van der Waals surface area contributed by atoms with Gasteiger partial charge in [0.2, 0.25) is 0 Å². The number of para-hydroxylation sites is 1. The lowest BCUT2D eigenvalue weighted by Crippen LogP contribution is -1.97. The number of pyridine rings is 1. The first-order valence-electron chi connectivity index (χ1n) is 6.46. The fourth-order valence-electron chi connectivity index (χ4n) is 2.27. The summed E-state index contributed by atoms with van der Waals surface area (Å²) in [4.78, 5) is 8.87. The van der Waals surface area contributed by atoms with Gasteiger partial charge in [-0.2, -0.15) is 0 Å². The predicted molar refractivity (Wildman–Crippen MR) is 84.0 cm³/mol. The number of fused-ring (bicyclic) bond motifs is 1. The van der Waals surface area contributed by atoms with Crippen LogP contribution in [-0.4, -0.2) is 9.97 Å². The molecule has 1 aliphatic rings. The van der Waals surface area contributed by atoms with Crippen LogP contribution >= 0.6 is 22.9 Å². The van der Waals surface area contributed by atoms with E-state index < -0.39 is 0 Å². The van der Waals surface area contributed by atoms with Gasteiger partial charge in [0.05, 0.1) is 21.6 Å². The van der Waals surface area contributed by atoms with E-state index in [9.17, 15) is 0 Å². The van der Waals surface area contributed by atoms with Crippen LogP contribution in [0, 0.1) is 0 Å². The lowest BCUT2D eigenvalue weighted by molar-refractivity contribution is 0.958. The Morgan fingerprint density at radius 1 is 1.20 bits per heavy atom. The zero-order valence-electron chi connectivity index (χ0n) is 10.6. The van der Waals surface area contributed by atoms with Gasteiger partial charge in [0, 0.05) is 10.8 Å². The van der Waals surface area contributed by atoms with E-state index >= 15 is 0 Å². The highest BCUT2D eigenvalue weighted by Crippen LogP contribution is 2.52. The molecule has 0 bridgehead atoms. The standard InChI is InChI=1S/C15H12ClN3S/c16-15(5-6-15)12-8-20-14(19-12)10-7-9-3-1-2-4-11(9)18-13(10)17/h1-4,7-8H,5-6H2,(H2,17,18). The number of nitrogen functional groups attached to an aromatic ring is 1. The minimum absolute atomic E-state index is 0.228. The van der Waals surface area contributed by atoms with Gasteiger partial charge in [-0.3, -0.25) is 0 Å². The Morgan fingerprint density at radius 3 is 2.80 bits per heavy atom. The Kier molecular flexibility index (Phi) is 2.53. The largest absolute Gasteiger partial charge is 0.383 e. The Bertz CT molecular complexity index is 808. The van der Waals surface area contributed by atoms with E-state index in [2.05, 4.69) is 9.97 Å². The summed E-state index contributed by atoms with van der Waals surface area (Å²) in [5.41, 5.74) is 8.83. The Labute approximate surface area is 125 Å². The van der Waals surface area contributed by atoms with Gasteiger partial charge >= 0.3 is 0 Å². The molecule has 1 fully saturated rings. The third-order valence-electron chi connectivity index (χ3n) is 3.64. The summed E-state index contributed by atoms with van der Waals surface area (Å²) < 4.78 is 0. The van der Waals surface area contributed by atoms with Gasteiger partial charge < -0.3 is 5.73 Å². The van der Waals surface area contributed by atoms with E-state index in [4.69, 9.17) is 17.3 Å². The van der Waals surface area contributed by atoms with Gasteiger partial charge in [0.1, 0.15) is 10.8 Å². The SMILES string of the molecule is Nc1nc2ccccc2cc1-c1nc(C2(Cl)CC2)cs1. The molecule has 0 atom stereocenters. The zero-order valence-corrected chi connectivity index (χ0v) is 12.2. The number of hydrogen-bond donors (Lipinski definition) is 1. The molecule has 3 aromatic rings. The Morgan fingerprint density at radius 2 is 2.00 bits per heavy atom. The topological polar surface area (TPSA) is 51.8 Å². The number of alkyl halides is 1. The minimum atomic E-state index is -0.228. The van der Waals surface area contributed by atoms with Crippen LogP contribution in [0.1, 0.15) is 18.5 Å². The zero-order chi connectivity index (χ0) is 13.7. The van der Waals surface area contributed by atoms with Crippen molar-refractivity contribution in [1.29, 1.82) is 0 Å². The number of anilines is 1. The van der Waals surface area contributed by atoms with E-state index in [1.807, 2.05) is 35.7 Å². The smallest absolute Gasteiger partial charge is 0.134 e. The summed E-state index contributed by atoms with van der Waals surface area (Å²) in [7, 11) is 0. The third-order valence-corrected chi connectivity index (χ3v) is 5.08. The van der Waals surface area contributed by atoms with Crippen molar-refractivity contribution < 1.29 is 0 Å². The molecule has 0 unspecified atom stereocenters. The van der Waals surface area contributed by atoms with Crippen LogP contribution in [0.15, 0.2) is 35.7 Å². The second-order valence-electron chi connectivity index (χ2n) is 5.12. The first kappa shape index (κ1) is 12.1. The van der Waals surface area contributed by atoms with E-state index in [1.54, 1.807) is 11.3 Å². The molecule has 0 amide bonds. The van der Waals surface area contributed by atoms with Crippen LogP contribution in [-0.2, 0) is 4.87 Å². The predicted octanol–water partition coefficient (Wildman–Crippen LogP) is 4.17. The molecular formula is C15H12ClN3S. The Balaban J connectivity index is 1.85. The maximum atomic E-state index is 6.40. The summed E-state index contributed by atoms with van der Waals surface area (Å²) >= 11 is 7.98. The highest BCUT2D eigenvalue weighted by molar-refractivity contribution is 7.13. The van der Waals surface area contributed by atoms with Gasteiger partial charge in [-0.15, -0.1) is 22.9 Å². The van der Waals surface area contributed by atoms with E-state index in [0.717, 1.165) is 40.0 Å². The molecule has 3 nitrogen and oxygen atoms in total. The molecule has 100 valence electrons. The number of rotatable bonds is 2. The van der Waals surface area contributed by atoms with Gasteiger partial charge in [-0.05, 0) is 25.0 Å². The van der Waals surface area contributed by atoms with E-state index in [1.165, 1.54) is 0 Å². The maximum absolute atomic E-state index is 6.40. The summed E-state index contributed by atoms with van der Waals surface area (Å²) in [5.74, 6) is 0.518. The fourth-order valence-corrected chi connectivity index (χ4v) is 3.47. The number of thiazole rings is 1. The number of halogens is 1. The fraction of sp³-hybridized carbons (Fsp3) is 0.200. The van der Waals surface area contributed by atoms with Crippen molar-refractivity contribution in [2.75, 3.05) is 5.73 Å². The number of nitrogens with two attached hydrogens (primary N) is 1. The first-order chi connectivity index (χ1) is 9.66. The highest BCUT2D eigenvalue weighted by atomic mass is 35.5. The molecule has 2 N–H and O–H groups in total. The molecule has 5 heteroatoms. The Hall–Kier alpha value is -1.65. The molecule has 0 radical (unpaired) electrons. The minimum Gasteiger partial charge on any atom is -0.383 e. The summed E-state index contributed by atoms with van der Waals surface area (Å²) in [6, 6.07) is 9.99. The second kappa shape index (κ2) is 4.17. The van der Waals surface area contributed by atoms with Crippen LogP contribution < -0.4 is 5.73 Å². The highest BCUT2D eigenvalue weighted by Gasteiger charge is 2.44. The molecule has 4 rings (SSSR count). The average molecular weight is 302 g/mol. The van der Waals surface area contributed by atoms with Crippen molar-refractivity contribution >= 4 is 39.7 Å². The summed E-state index contributed by atoms with van der Waals surface area (Å²) in [6.07, 6.45) is 2.01.